The summed E-state index contributed by atoms with van der Waals surface area (Å²) in [6.07, 6.45) is 1.61. The zero-order valence-corrected chi connectivity index (χ0v) is 8.30. The van der Waals surface area contributed by atoms with Crippen molar-refractivity contribution in [3.05, 3.63) is 12.7 Å². The monoisotopic (exact) mass is 202 g/mol. The number of rotatable bonds is 4. The Labute approximate surface area is 81.6 Å². The first-order valence-corrected chi connectivity index (χ1v) is 4.58. The summed E-state index contributed by atoms with van der Waals surface area (Å²) >= 11 is 1.11. The Hall–Kier alpha value is -1.17. The quantitative estimate of drug-likeness (QED) is 0.190. The highest BCUT2D eigenvalue weighted by Gasteiger charge is 2.13. The highest BCUT2D eigenvalue weighted by Crippen LogP contribution is 2.09. The van der Waals surface area contributed by atoms with Gasteiger partial charge in [-0.2, -0.15) is 5.10 Å². The van der Waals surface area contributed by atoms with Crippen molar-refractivity contribution in [1.82, 2.24) is 5.32 Å². The summed E-state index contributed by atoms with van der Waals surface area (Å²) in [6, 6.07) is 0. The van der Waals surface area contributed by atoms with Crippen molar-refractivity contribution < 1.29 is 4.79 Å². The second-order valence-corrected chi connectivity index (χ2v) is 3.62. The van der Waals surface area contributed by atoms with Crippen LogP contribution in [0.4, 0.5) is 0 Å². The van der Waals surface area contributed by atoms with Crippen LogP contribution in [0.2, 0.25) is 0 Å². The molecule has 74 valence electrons. The minimum atomic E-state index is -0.299. The zero-order valence-electron chi connectivity index (χ0n) is 7.49. The molecule has 0 saturated carbocycles. The maximum absolute atomic E-state index is 11.2. The lowest BCUT2D eigenvalue weighted by molar-refractivity contribution is -0.120. The van der Waals surface area contributed by atoms with Gasteiger partial charge in [0.15, 0.2) is 5.17 Å². The van der Waals surface area contributed by atoms with Crippen molar-refractivity contribution in [2.24, 2.45) is 16.7 Å². The number of carbonyl (C=O) groups excluding carboxylic acids is 1. The van der Waals surface area contributed by atoms with Gasteiger partial charge in [0.1, 0.15) is 0 Å². The summed E-state index contributed by atoms with van der Waals surface area (Å²) in [7, 11) is 0. The van der Waals surface area contributed by atoms with E-state index in [9.17, 15) is 4.79 Å². The third kappa shape index (κ3) is 5.13. The van der Waals surface area contributed by atoms with Crippen LogP contribution in [0, 0.1) is 0 Å². The van der Waals surface area contributed by atoms with Crippen molar-refractivity contribution in [3.63, 3.8) is 0 Å². The molecule has 5 N–H and O–H groups in total. The summed E-state index contributed by atoms with van der Waals surface area (Å²) in [4.78, 5) is 11.2. The van der Waals surface area contributed by atoms with E-state index in [4.69, 9.17) is 11.6 Å². The molecule has 0 spiro atoms. The Kier molecular flexibility index (Phi) is 5.79. The average Bonchev–Trinajstić information content (AvgIpc) is 2.13. The van der Waals surface area contributed by atoms with Gasteiger partial charge < -0.3 is 16.9 Å². The fourth-order valence-corrected chi connectivity index (χ4v) is 1.20. The molecule has 0 heterocycles. The van der Waals surface area contributed by atoms with Crippen molar-refractivity contribution in [2.75, 3.05) is 6.54 Å². The number of nitrogens with zero attached hydrogens (tertiary/aromatic N) is 1. The van der Waals surface area contributed by atoms with Gasteiger partial charge in [0, 0.05) is 6.54 Å². The first kappa shape index (κ1) is 11.8. The molecule has 0 aromatic carbocycles. The standard InChI is InChI=1S/C7H14N4OS/c1-3-4-10-6(12)5(2)13-7(8)11-9/h3,5H,1,4,9H2,2H3,(H2,8,11)(H,10,12). The molecule has 0 rings (SSSR count). The number of hydrazone groups is 1. The van der Waals surface area contributed by atoms with Crippen LogP contribution in [-0.4, -0.2) is 22.9 Å². The largest absolute Gasteiger partial charge is 0.377 e. The van der Waals surface area contributed by atoms with E-state index in [1.807, 2.05) is 0 Å². The van der Waals surface area contributed by atoms with Crippen LogP contribution in [0.3, 0.4) is 0 Å². The van der Waals surface area contributed by atoms with E-state index in [0.717, 1.165) is 11.8 Å². The van der Waals surface area contributed by atoms with Crippen molar-refractivity contribution in [2.45, 2.75) is 12.2 Å². The number of nitrogens with one attached hydrogen (secondary N) is 1. The summed E-state index contributed by atoms with van der Waals surface area (Å²) in [5.41, 5.74) is 5.33. The highest BCUT2D eigenvalue weighted by molar-refractivity contribution is 8.14. The van der Waals surface area contributed by atoms with Gasteiger partial charge in [-0.1, -0.05) is 17.8 Å². The van der Waals surface area contributed by atoms with Gasteiger partial charge in [0.25, 0.3) is 0 Å². The van der Waals surface area contributed by atoms with E-state index >= 15 is 0 Å². The van der Waals surface area contributed by atoms with Crippen LogP contribution in [-0.2, 0) is 4.79 Å². The molecule has 0 aliphatic carbocycles. The number of hydrogen-bond donors (Lipinski definition) is 3. The second-order valence-electron chi connectivity index (χ2n) is 2.26. The Morgan fingerprint density at radius 2 is 2.46 bits per heavy atom. The molecule has 6 heteroatoms. The highest BCUT2D eigenvalue weighted by atomic mass is 32.2. The smallest absolute Gasteiger partial charge is 0.233 e. The van der Waals surface area contributed by atoms with Gasteiger partial charge in [-0.3, -0.25) is 4.79 Å². The zero-order chi connectivity index (χ0) is 10.3. The first-order valence-electron chi connectivity index (χ1n) is 3.70. The van der Waals surface area contributed by atoms with E-state index in [2.05, 4.69) is 17.0 Å². The maximum atomic E-state index is 11.2. The van der Waals surface area contributed by atoms with Crippen molar-refractivity contribution >= 4 is 22.8 Å². The van der Waals surface area contributed by atoms with Gasteiger partial charge in [-0.15, -0.1) is 6.58 Å². The van der Waals surface area contributed by atoms with Crippen LogP contribution in [0.5, 0.6) is 0 Å². The number of amides is 1. The fourth-order valence-electron chi connectivity index (χ4n) is 0.582. The molecule has 5 nitrogen and oxygen atoms in total. The van der Waals surface area contributed by atoms with Crippen LogP contribution in [0.1, 0.15) is 6.92 Å². The van der Waals surface area contributed by atoms with E-state index in [-0.39, 0.29) is 16.3 Å². The van der Waals surface area contributed by atoms with Crippen LogP contribution in [0.25, 0.3) is 0 Å². The van der Waals surface area contributed by atoms with Crippen molar-refractivity contribution in [3.8, 4) is 0 Å². The molecule has 0 saturated heterocycles. The number of carbonyl (C=O) groups is 1. The van der Waals surface area contributed by atoms with Gasteiger partial charge in [-0.05, 0) is 6.92 Å². The molecule has 0 radical (unpaired) electrons. The Balaban J connectivity index is 3.88. The topological polar surface area (TPSA) is 93.5 Å². The maximum Gasteiger partial charge on any atom is 0.233 e. The predicted molar refractivity (Wildman–Crippen MR) is 56.1 cm³/mol. The Morgan fingerprint density at radius 3 is 2.92 bits per heavy atom. The molecule has 1 amide bonds. The number of hydrogen-bond acceptors (Lipinski definition) is 4. The summed E-state index contributed by atoms with van der Waals surface area (Å²) in [5.74, 6) is 4.80. The lowest BCUT2D eigenvalue weighted by atomic mass is 10.4. The molecule has 0 aromatic rings. The van der Waals surface area contributed by atoms with Crippen LogP contribution >= 0.6 is 11.8 Å². The lowest BCUT2D eigenvalue weighted by Crippen LogP contribution is -2.32. The Morgan fingerprint density at radius 1 is 1.85 bits per heavy atom. The molecule has 0 fully saturated rings. The van der Waals surface area contributed by atoms with Gasteiger partial charge >= 0.3 is 0 Å². The first-order chi connectivity index (χ1) is 6.11. The predicted octanol–water partition coefficient (Wildman–Crippen LogP) is -0.401. The van der Waals surface area contributed by atoms with Crippen LogP contribution in [0.15, 0.2) is 17.8 Å². The SMILES string of the molecule is C=CCNC(=O)C(C)SC(N)=NN. The lowest BCUT2D eigenvalue weighted by Gasteiger charge is -2.09. The number of thioether (sulfide) groups is 1. The summed E-state index contributed by atoms with van der Waals surface area (Å²) in [5, 5.41) is 5.78. The summed E-state index contributed by atoms with van der Waals surface area (Å²) in [6.45, 7) is 5.65. The molecule has 1 unspecified atom stereocenters. The Bertz CT molecular complexity index is 217. The fraction of sp³-hybridized carbons (Fsp3) is 0.429. The normalized spacial score (nSPS) is 13.5. The molecule has 1 atom stereocenters. The van der Waals surface area contributed by atoms with E-state index in [0.29, 0.717) is 6.54 Å². The summed E-state index contributed by atoms with van der Waals surface area (Å²) < 4.78 is 0. The van der Waals surface area contributed by atoms with Gasteiger partial charge in [-0.25, -0.2) is 0 Å². The van der Waals surface area contributed by atoms with Gasteiger partial charge in [0.2, 0.25) is 5.91 Å². The third-order valence-corrected chi connectivity index (χ3v) is 2.13. The molecule has 0 aliphatic heterocycles. The molecule has 13 heavy (non-hydrogen) atoms. The van der Waals surface area contributed by atoms with Gasteiger partial charge in [0.05, 0.1) is 5.25 Å². The third-order valence-electron chi connectivity index (χ3n) is 1.21. The second kappa shape index (κ2) is 6.36. The molecule has 0 aliphatic rings. The van der Waals surface area contributed by atoms with E-state index < -0.39 is 0 Å². The molecule has 0 bridgehead atoms. The molecular formula is C7H14N4OS. The minimum Gasteiger partial charge on any atom is -0.377 e. The van der Waals surface area contributed by atoms with E-state index in [1.54, 1.807) is 13.0 Å². The number of nitrogens with two attached hydrogens (primary N) is 2. The van der Waals surface area contributed by atoms with Crippen molar-refractivity contribution in [1.29, 1.82) is 0 Å². The van der Waals surface area contributed by atoms with Crippen LogP contribution < -0.4 is 16.9 Å². The van der Waals surface area contributed by atoms with E-state index in [1.165, 1.54) is 0 Å². The minimum absolute atomic E-state index is 0.114. The molecular weight excluding hydrogens is 188 g/mol. The molecule has 0 aromatic heterocycles. The average molecular weight is 202 g/mol. The number of amidine groups is 1.